The lowest BCUT2D eigenvalue weighted by Crippen LogP contribution is -2.11. The molecule has 2 rings (SSSR count). The molecule has 0 aliphatic carbocycles. The van der Waals surface area contributed by atoms with E-state index in [1.807, 2.05) is 13.8 Å². The molecule has 23 heavy (non-hydrogen) atoms. The lowest BCUT2D eigenvalue weighted by atomic mass is 10.1. The van der Waals surface area contributed by atoms with Crippen molar-refractivity contribution in [2.45, 2.75) is 20.8 Å². The van der Waals surface area contributed by atoms with Crippen molar-refractivity contribution in [1.29, 1.82) is 0 Å². The molecule has 0 atom stereocenters. The number of methoxy groups -OCH3 is 1. The predicted octanol–water partition coefficient (Wildman–Crippen LogP) is 3.89. The first kappa shape index (κ1) is 16.9. The molecular formula is C19H22O4. The second-order valence-electron chi connectivity index (χ2n) is 5.45. The van der Waals surface area contributed by atoms with Crippen molar-refractivity contribution in [3.8, 4) is 17.2 Å². The van der Waals surface area contributed by atoms with Gasteiger partial charge in [-0.2, -0.15) is 0 Å². The van der Waals surface area contributed by atoms with Gasteiger partial charge in [0, 0.05) is 5.56 Å². The molecule has 0 heterocycles. The van der Waals surface area contributed by atoms with Gasteiger partial charge in [0.25, 0.3) is 0 Å². The smallest absolute Gasteiger partial charge is 0.161 e. The molecule has 2 aromatic rings. The number of benzene rings is 2. The van der Waals surface area contributed by atoms with Crippen LogP contribution in [0.15, 0.2) is 30.3 Å². The van der Waals surface area contributed by atoms with E-state index >= 15 is 0 Å². The third kappa shape index (κ3) is 4.25. The van der Waals surface area contributed by atoms with Crippen molar-refractivity contribution in [2.75, 3.05) is 20.3 Å². The second kappa shape index (κ2) is 7.68. The van der Waals surface area contributed by atoms with Gasteiger partial charge in [-0.3, -0.25) is 4.79 Å². The number of carbonyl (C=O) groups excluding carboxylic acids is 1. The summed E-state index contributed by atoms with van der Waals surface area (Å²) in [4.78, 5) is 10.8. The number of aldehydes is 1. The Morgan fingerprint density at radius 1 is 0.913 bits per heavy atom. The fourth-order valence-electron chi connectivity index (χ4n) is 2.57. The van der Waals surface area contributed by atoms with Crippen molar-refractivity contribution < 1.29 is 19.0 Å². The minimum Gasteiger partial charge on any atom is -0.493 e. The van der Waals surface area contributed by atoms with Gasteiger partial charge in [0.2, 0.25) is 0 Å². The molecule has 0 aliphatic rings. The Balaban J connectivity index is 1.95. The van der Waals surface area contributed by atoms with E-state index in [1.165, 1.54) is 5.56 Å². The van der Waals surface area contributed by atoms with Crippen LogP contribution in [0.5, 0.6) is 17.2 Å². The van der Waals surface area contributed by atoms with E-state index in [-0.39, 0.29) is 0 Å². The van der Waals surface area contributed by atoms with Crippen LogP contribution in [-0.2, 0) is 0 Å². The highest BCUT2D eigenvalue weighted by atomic mass is 16.5. The lowest BCUT2D eigenvalue weighted by molar-refractivity contribution is 0.112. The maximum Gasteiger partial charge on any atom is 0.161 e. The molecule has 0 spiro atoms. The van der Waals surface area contributed by atoms with Gasteiger partial charge < -0.3 is 14.2 Å². The van der Waals surface area contributed by atoms with Crippen molar-refractivity contribution in [1.82, 2.24) is 0 Å². The average Bonchev–Trinajstić information content (AvgIpc) is 2.53. The monoisotopic (exact) mass is 314 g/mol. The van der Waals surface area contributed by atoms with E-state index in [9.17, 15) is 4.79 Å². The van der Waals surface area contributed by atoms with Gasteiger partial charge in [-0.05, 0) is 50.1 Å². The lowest BCUT2D eigenvalue weighted by Gasteiger charge is -2.14. The molecule has 0 saturated heterocycles. The summed E-state index contributed by atoms with van der Waals surface area (Å²) in [5.41, 5.74) is 4.02. The maximum atomic E-state index is 10.8. The van der Waals surface area contributed by atoms with Crippen LogP contribution >= 0.6 is 0 Å². The number of hydrogen-bond donors (Lipinski definition) is 0. The van der Waals surface area contributed by atoms with Crippen molar-refractivity contribution in [2.24, 2.45) is 0 Å². The largest absolute Gasteiger partial charge is 0.493 e. The molecule has 122 valence electrons. The molecule has 0 amide bonds. The molecule has 4 nitrogen and oxygen atoms in total. The normalized spacial score (nSPS) is 10.3. The van der Waals surface area contributed by atoms with E-state index in [0.29, 0.717) is 30.3 Å². The van der Waals surface area contributed by atoms with Crippen LogP contribution in [0.2, 0.25) is 0 Å². The molecule has 4 heteroatoms. The maximum absolute atomic E-state index is 10.8. The summed E-state index contributed by atoms with van der Waals surface area (Å²) in [6, 6.07) is 9.27. The van der Waals surface area contributed by atoms with Crippen LogP contribution in [0.25, 0.3) is 0 Å². The zero-order valence-electron chi connectivity index (χ0n) is 14.0. The standard InChI is InChI=1S/C19H22O4/c1-13-9-14(2)19(15(3)10-13)23-8-7-22-17-6-5-16(12-20)11-18(17)21-4/h5-6,9-12H,7-8H2,1-4H3. The quantitative estimate of drug-likeness (QED) is 0.574. The fourth-order valence-corrected chi connectivity index (χ4v) is 2.57. The second-order valence-corrected chi connectivity index (χ2v) is 5.45. The highest BCUT2D eigenvalue weighted by molar-refractivity contribution is 5.76. The van der Waals surface area contributed by atoms with E-state index < -0.39 is 0 Å². The number of ether oxygens (including phenoxy) is 3. The molecule has 0 fully saturated rings. The van der Waals surface area contributed by atoms with Gasteiger partial charge in [-0.15, -0.1) is 0 Å². The molecule has 0 unspecified atom stereocenters. The van der Waals surface area contributed by atoms with Gasteiger partial charge in [0.05, 0.1) is 7.11 Å². The van der Waals surface area contributed by atoms with Gasteiger partial charge in [0.1, 0.15) is 25.2 Å². The first-order chi connectivity index (χ1) is 11.0. The van der Waals surface area contributed by atoms with Crippen LogP contribution in [0.3, 0.4) is 0 Å². The molecule has 0 bridgehead atoms. The van der Waals surface area contributed by atoms with Gasteiger partial charge in [-0.1, -0.05) is 17.7 Å². The summed E-state index contributed by atoms with van der Waals surface area (Å²) in [6.45, 7) is 6.98. The molecule has 0 saturated carbocycles. The Kier molecular flexibility index (Phi) is 5.63. The predicted molar refractivity (Wildman–Crippen MR) is 90.0 cm³/mol. The van der Waals surface area contributed by atoms with Gasteiger partial charge in [-0.25, -0.2) is 0 Å². The Bertz CT molecular complexity index is 669. The van der Waals surface area contributed by atoms with Crippen LogP contribution in [0.1, 0.15) is 27.0 Å². The van der Waals surface area contributed by atoms with E-state index in [4.69, 9.17) is 14.2 Å². The van der Waals surface area contributed by atoms with Crippen LogP contribution in [0.4, 0.5) is 0 Å². The Morgan fingerprint density at radius 3 is 2.17 bits per heavy atom. The van der Waals surface area contributed by atoms with Crippen molar-refractivity contribution >= 4 is 6.29 Å². The Labute approximate surface area is 137 Å². The number of carbonyl (C=O) groups is 1. The molecule has 0 N–H and O–H groups in total. The first-order valence-electron chi connectivity index (χ1n) is 7.52. The molecule has 0 aromatic heterocycles. The number of aryl methyl sites for hydroxylation is 3. The summed E-state index contributed by atoms with van der Waals surface area (Å²) in [5, 5.41) is 0. The zero-order chi connectivity index (χ0) is 16.8. The summed E-state index contributed by atoms with van der Waals surface area (Å²) >= 11 is 0. The third-order valence-electron chi connectivity index (χ3n) is 3.52. The van der Waals surface area contributed by atoms with Crippen molar-refractivity contribution in [3.63, 3.8) is 0 Å². The average molecular weight is 314 g/mol. The van der Waals surface area contributed by atoms with Crippen LogP contribution in [0, 0.1) is 20.8 Å². The fraction of sp³-hybridized carbons (Fsp3) is 0.316. The minimum absolute atomic E-state index is 0.392. The summed E-state index contributed by atoms with van der Waals surface area (Å²) < 4.78 is 16.8. The van der Waals surface area contributed by atoms with E-state index in [0.717, 1.165) is 23.2 Å². The molecule has 0 radical (unpaired) electrons. The Hall–Kier alpha value is -2.49. The Morgan fingerprint density at radius 2 is 1.57 bits per heavy atom. The van der Waals surface area contributed by atoms with Crippen molar-refractivity contribution in [3.05, 3.63) is 52.6 Å². The first-order valence-corrected chi connectivity index (χ1v) is 7.52. The molecular weight excluding hydrogens is 292 g/mol. The highest BCUT2D eigenvalue weighted by Crippen LogP contribution is 2.28. The van der Waals surface area contributed by atoms with Crippen LogP contribution < -0.4 is 14.2 Å². The summed E-state index contributed by atoms with van der Waals surface area (Å²) in [6.07, 6.45) is 0.776. The topological polar surface area (TPSA) is 44.8 Å². The minimum atomic E-state index is 0.392. The molecule has 0 aliphatic heterocycles. The van der Waals surface area contributed by atoms with Gasteiger partial charge in [0.15, 0.2) is 11.5 Å². The summed E-state index contributed by atoms with van der Waals surface area (Å²) in [7, 11) is 1.55. The van der Waals surface area contributed by atoms with E-state index in [1.54, 1.807) is 25.3 Å². The SMILES string of the molecule is COc1cc(C=O)ccc1OCCOc1c(C)cc(C)cc1C. The highest BCUT2D eigenvalue weighted by Gasteiger charge is 2.07. The summed E-state index contributed by atoms with van der Waals surface area (Å²) in [5.74, 6) is 2.04. The zero-order valence-corrected chi connectivity index (χ0v) is 14.0. The van der Waals surface area contributed by atoms with Gasteiger partial charge >= 0.3 is 0 Å². The number of rotatable bonds is 7. The van der Waals surface area contributed by atoms with Crippen LogP contribution in [-0.4, -0.2) is 26.6 Å². The van der Waals surface area contributed by atoms with E-state index in [2.05, 4.69) is 19.1 Å². The molecule has 2 aromatic carbocycles. The number of hydrogen-bond acceptors (Lipinski definition) is 4. The third-order valence-corrected chi connectivity index (χ3v) is 3.52.